The van der Waals surface area contributed by atoms with Gasteiger partial charge in [0.15, 0.2) is 11.5 Å². The quantitative estimate of drug-likeness (QED) is 0.131. The molecule has 0 saturated carbocycles. The Kier molecular flexibility index (Phi) is 10.1. The van der Waals surface area contributed by atoms with Crippen LogP contribution >= 0.6 is 0 Å². The van der Waals surface area contributed by atoms with Gasteiger partial charge in [0.1, 0.15) is 0 Å². The number of nitrogen functional groups attached to an aromatic ring is 1. The number of sulfonamides is 1. The maximum absolute atomic E-state index is 13.5. The molecule has 0 unspecified atom stereocenters. The van der Waals surface area contributed by atoms with Crippen molar-refractivity contribution in [1.82, 2.24) is 9.62 Å². The van der Waals surface area contributed by atoms with Crippen molar-refractivity contribution in [3.05, 3.63) is 90.0 Å². The van der Waals surface area contributed by atoms with E-state index in [0.29, 0.717) is 11.3 Å². The van der Waals surface area contributed by atoms with Gasteiger partial charge in [0.2, 0.25) is 15.9 Å². The van der Waals surface area contributed by atoms with Crippen molar-refractivity contribution in [3.63, 3.8) is 0 Å². The Morgan fingerprint density at radius 1 is 0.974 bits per heavy atom. The second-order valence-corrected chi connectivity index (χ2v) is 11.7. The molecule has 3 rings (SSSR count). The average molecular weight is 554 g/mol. The fourth-order valence-electron chi connectivity index (χ4n) is 4.00. The zero-order chi connectivity index (χ0) is 28.6. The molecule has 10 heteroatoms. The third-order valence-electron chi connectivity index (χ3n) is 5.99. The minimum Gasteiger partial charge on any atom is -0.504 e. The van der Waals surface area contributed by atoms with Gasteiger partial charge in [-0.25, -0.2) is 8.42 Å². The Bertz CT molecular complexity index is 1380. The molecule has 0 spiro atoms. The summed E-state index contributed by atoms with van der Waals surface area (Å²) < 4.78 is 28.2. The monoisotopic (exact) mass is 553 g/mol. The third-order valence-corrected chi connectivity index (χ3v) is 7.84. The molecule has 9 nitrogen and oxygen atoms in total. The van der Waals surface area contributed by atoms with E-state index in [-0.39, 0.29) is 41.8 Å². The van der Waals surface area contributed by atoms with E-state index < -0.39 is 28.1 Å². The molecule has 1 amide bonds. The largest absolute Gasteiger partial charge is 0.504 e. The molecular weight excluding hydrogens is 518 g/mol. The number of phenolic OH excluding ortho intramolecular Hbond substituents is 2. The van der Waals surface area contributed by atoms with Crippen molar-refractivity contribution in [2.24, 2.45) is 5.92 Å². The number of carbonyl (C=O) groups is 1. The molecule has 0 aromatic heterocycles. The number of amides is 1. The van der Waals surface area contributed by atoms with Crippen molar-refractivity contribution < 1.29 is 28.5 Å². The number of hydrogen-bond acceptors (Lipinski definition) is 7. The number of phenols is 2. The van der Waals surface area contributed by atoms with Crippen LogP contribution in [0.2, 0.25) is 0 Å². The van der Waals surface area contributed by atoms with Gasteiger partial charge in [-0.1, -0.05) is 50.2 Å². The van der Waals surface area contributed by atoms with Gasteiger partial charge in [-0.15, -0.1) is 0 Å². The summed E-state index contributed by atoms with van der Waals surface area (Å²) in [4.78, 5) is 12.9. The maximum atomic E-state index is 13.5. The molecule has 6 N–H and O–H groups in total. The van der Waals surface area contributed by atoms with Crippen LogP contribution in [0.1, 0.15) is 25.0 Å². The van der Waals surface area contributed by atoms with E-state index in [1.165, 1.54) is 58.9 Å². The molecule has 0 heterocycles. The number of nitrogens with two attached hydrogens (primary N) is 1. The molecule has 0 radical (unpaired) electrons. The number of aromatic hydroxyl groups is 2. The fraction of sp³-hybridized carbons (Fsp3) is 0.276. The molecule has 0 fully saturated rings. The van der Waals surface area contributed by atoms with Gasteiger partial charge in [0.05, 0.1) is 17.0 Å². The summed E-state index contributed by atoms with van der Waals surface area (Å²) in [5.74, 6) is -1.13. The van der Waals surface area contributed by atoms with Crippen LogP contribution < -0.4 is 11.1 Å². The van der Waals surface area contributed by atoms with Crippen molar-refractivity contribution >= 4 is 27.7 Å². The summed E-state index contributed by atoms with van der Waals surface area (Å²) in [6.45, 7) is 3.69. The average Bonchev–Trinajstić information content (AvgIpc) is 2.89. The van der Waals surface area contributed by atoms with Crippen molar-refractivity contribution in [1.29, 1.82) is 0 Å². The predicted octanol–water partition coefficient (Wildman–Crippen LogP) is 3.13. The van der Waals surface area contributed by atoms with Crippen LogP contribution in [0.25, 0.3) is 6.08 Å². The highest BCUT2D eigenvalue weighted by Crippen LogP contribution is 2.25. The summed E-state index contributed by atoms with van der Waals surface area (Å²) in [5.41, 5.74) is 7.50. The number of aliphatic hydroxyl groups is 1. The van der Waals surface area contributed by atoms with Crippen molar-refractivity contribution in [3.8, 4) is 11.5 Å². The van der Waals surface area contributed by atoms with E-state index in [9.17, 15) is 28.5 Å². The minimum absolute atomic E-state index is 0.0208. The lowest BCUT2D eigenvalue weighted by atomic mass is 10.0. The van der Waals surface area contributed by atoms with E-state index in [1.807, 2.05) is 44.2 Å². The predicted molar refractivity (Wildman–Crippen MR) is 151 cm³/mol. The number of hydrogen-bond donors (Lipinski definition) is 5. The molecule has 0 aliphatic heterocycles. The Labute approximate surface area is 229 Å². The normalized spacial score (nSPS) is 13.6. The zero-order valence-corrected chi connectivity index (χ0v) is 22.8. The molecule has 0 aliphatic rings. The highest BCUT2D eigenvalue weighted by Gasteiger charge is 2.31. The molecule has 3 aromatic carbocycles. The first-order chi connectivity index (χ1) is 18.5. The topological polar surface area (TPSA) is 153 Å². The minimum atomic E-state index is -3.95. The first-order valence-electron chi connectivity index (χ1n) is 12.5. The van der Waals surface area contributed by atoms with E-state index in [1.54, 1.807) is 0 Å². The number of aliphatic hydroxyl groups excluding tert-OH is 1. The van der Waals surface area contributed by atoms with Gasteiger partial charge in [-0.3, -0.25) is 4.79 Å². The van der Waals surface area contributed by atoms with E-state index in [2.05, 4.69) is 5.32 Å². The van der Waals surface area contributed by atoms with Crippen LogP contribution in [-0.2, 0) is 21.2 Å². The number of benzene rings is 3. The Morgan fingerprint density at radius 2 is 1.64 bits per heavy atom. The summed E-state index contributed by atoms with van der Waals surface area (Å²) in [6, 6.07) is 18.5. The Morgan fingerprint density at radius 3 is 2.26 bits per heavy atom. The second-order valence-electron chi connectivity index (χ2n) is 9.74. The standard InChI is InChI=1S/C29H35N3O6S/c1-20(2)18-32(39(37,38)24-12-10-23(30)11-13-24)19-28(35)25(16-21-6-4-3-5-7-21)31-29(36)15-9-22-8-14-26(33)27(34)17-22/h3-15,17,20,25,28,33-35H,16,18-19,30H2,1-2H3,(H,31,36)/b15-9+/t25-,28+/m0/s1. The first kappa shape index (κ1) is 29.7. The van der Waals surface area contributed by atoms with E-state index in [0.717, 1.165) is 5.56 Å². The molecule has 3 aromatic rings. The Hall–Kier alpha value is -3.86. The summed E-state index contributed by atoms with van der Waals surface area (Å²) in [7, 11) is -3.95. The number of anilines is 1. The lowest BCUT2D eigenvalue weighted by Gasteiger charge is -2.30. The Balaban J connectivity index is 1.84. The van der Waals surface area contributed by atoms with Gasteiger partial charge in [0.25, 0.3) is 0 Å². The van der Waals surface area contributed by atoms with Gasteiger partial charge >= 0.3 is 0 Å². The van der Waals surface area contributed by atoms with Gasteiger partial charge in [0, 0.05) is 24.9 Å². The smallest absolute Gasteiger partial charge is 0.244 e. The zero-order valence-electron chi connectivity index (χ0n) is 21.9. The van der Waals surface area contributed by atoms with Crippen LogP contribution in [0.3, 0.4) is 0 Å². The number of nitrogens with zero attached hydrogens (tertiary/aromatic N) is 1. The number of carbonyl (C=O) groups excluding carboxylic acids is 1. The first-order valence-corrected chi connectivity index (χ1v) is 14.0. The van der Waals surface area contributed by atoms with Crippen LogP contribution in [0.5, 0.6) is 11.5 Å². The molecule has 0 aliphatic carbocycles. The van der Waals surface area contributed by atoms with Crippen LogP contribution in [0, 0.1) is 5.92 Å². The molecule has 2 atom stereocenters. The third kappa shape index (κ3) is 8.57. The SMILES string of the molecule is CC(C)CN(C[C@@H](O)[C@H](Cc1ccccc1)NC(=O)/C=C/c1ccc(O)c(O)c1)S(=O)(=O)c1ccc(N)cc1. The van der Waals surface area contributed by atoms with E-state index in [4.69, 9.17) is 5.73 Å². The lowest BCUT2D eigenvalue weighted by molar-refractivity contribution is -0.118. The van der Waals surface area contributed by atoms with Gasteiger partial charge < -0.3 is 26.4 Å². The number of nitrogens with one attached hydrogen (secondary N) is 1. The van der Waals surface area contributed by atoms with Gasteiger partial charge in [-0.05, 0) is 65.9 Å². The highest BCUT2D eigenvalue weighted by atomic mass is 32.2. The summed E-state index contributed by atoms with van der Waals surface area (Å²) in [5, 5.41) is 33.2. The fourth-order valence-corrected chi connectivity index (χ4v) is 5.62. The van der Waals surface area contributed by atoms with Crippen LogP contribution in [0.15, 0.2) is 83.8 Å². The van der Waals surface area contributed by atoms with Crippen LogP contribution in [-0.4, -0.2) is 59.2 Å². The molecule has 0 bridgehead atoms. The van der Waals surface area contributed by atoms with Gasteiger partial charge in [-0.2, -0.15) is 4.31 Å². The molecule has 208 valence electrons. The van der Waals surface area contributed by atoms with Crippen molar-refractivity contribution in [2.45, 2.75) is 37.3 Å². The molecule has 0 saturated heterocycles. The van der Waals surface area contributed by atoms with E-state index >= 15 is 0 Å². The van der Waals surface area contributed by atoms with Crippen molar-refractivity contribution in [2.75, 3.05) is 18.8 Å². The molecular formula is C29H35N3O6S. The molecule has 39 heavy (non-hydrogen) atoms. The summed E-state index contributed by atoms with van der Waals surface area (Å²) in [6.07, 6.45) is 1.73. The maximum Gasteiger partial charge on any atom is 0.244 e. The second kappa shape index (κ2) is 13.3. The summed E-state index contributed by atoms with van der Waals surface area (Å²) >= 11 is 0. The highest BCUT2D eigenvalue weighted by molar-refractivity contribution is 7.89. The van der Waals surface area contributed by atoms with Crippen LogP contribution in [0.4, 0.5) is 5.69 Å². The number of rotatable bonds is 12. The lowest BCUT2D eigenvalue weighted by Crippen LogP contribution is -2.50.